The van der Waals surface area contributed by atoms with E-state index in [0.717, 1.165) is 10.6 Å². The molecule has 1 N–H and O–H groups in total. The summed E-state index contributed by atoms with van der Waals surface area (Å²) < 4.78 is 39.8. The average Bonchev–Trinajstić information content (AvgIpc) is 2.74. The first-order chi connectivity index (χ1) is 16.2. The van der Waals surface area contributed by atoms with Crippen LogP contribution in [0.4, 0.5) is 10.1 Å². The monoisotopic (exact) mass is 525 g/mol. The van der Waals surface area contributed by atoms with Crippen molar-refractivity contribution in [1.29, 1.82) is 0 Å². The first kappa shape index (κ1) is 28.6. The highest BCUT2D eigenvalue weighted by Crippen LogP contribution is 2.23. The number of hydrogen-bond acceptors (Lipinski definition) is 4. The van der Waals surface area contributed by atoms with E-state index in [2.05, 4.69) is 5.32 Å². The SMILES string of the molecule is C[C@H](C(=O)NC(C)(C)C)N(Cc1ccccc1Cl)C(=O)CCCN(c1ccccc1F)S(C)(=O)=O. The molecule has 192 valence electrons. The van der Waals surface area contributed by atoms with Gasteiger partial charge in [0.1, 0.15) is 11.9 Å². The van der Waals surface area contributed by atoms with E-state index in [-0.39, 0.29) is 43.4 Å². The number of carbonyl (C=O) groups excluding carboxylic acids is 2. The molecule has 1 atom stereocenters. The molecule has 0 aliphatic heterocycles. The van der Waals surface area contributed by atoms with Crippen molar-refractivity contribution < 1.29 is 22.4 Å². The smallest absolute Gasteiger partial charge is 0.242 e. The number of nitrogens with zero attached hydrogens (tertiary/aromatic N) is 2. The van der Waals surface area contributed by atoms with Crippen LogP contribution in [-0.4, -0.2) is 49.5 Å². The van der Waals surface area contributed by atoms with Crippen molar-refractivity contribution >= 4 is 39.1 Å². The zero-order valence-corrected chi connectivity index (χ0v) is 22.3. The van der Waals surface area contributed by atoms with Gasteiger partial charge in [-0.25, -0.2) is 12.8 Å². The molecule has 0 unspecified atom stereocenters. The van der Waals surface area contributed by atoms with E-state index in [1.807, 2.05) is 20.8 Å². The summed E-state index contributed by atoms with van der Waals surface area (Å²) in [5.74, 6) is -1.33. The van der Waals surface area contributed by atoms with Gasteiger partial charge in [-0.05, 0) is 57.9 Å². The molecule has 10 heteroatoms. The summed E-state index contributed by atoms with van der Waals surface area (Å²) in [4.78, 5) is 27.5. The van der Waals surface area contributed by atoms with Gasteiger partial charge in [-0.1, -0.05) is 41.9 Å². The molecule has 0 bridgehead atoms. The lowest BCUT2D eigenvalue weighted by Crippen LogP contribution is -2.52. The Morgan fingerprint density at radius 2 is 1.69 bits per heavy atom. The quantitative estimate of drug-likeness (QED) is 0.499. The van der Waals surface area contributed by atoms with Crippen LogP contribution in [0.3, 0.4) is 0 Å². The van der Waals surface area contributed by atoms with Crippen LogP contribution >= 0.6 is 11.6 Å². The van der Waals surface area contributed by atoms with Crippen molar-refractivity contribution in [2.24, 2.45) is 0 Å². The largest absolute Gasteiger partial charge is 0.350 e. The number of amides is 2. The summed E-state index contributed by atoms with van der Waals surface area (Å²) in [7, 11) is -3.78. The second kappa shape index (κ2) is 11.9. The fraction of sp³-hybridized carbons (Fsp3) is 0.440. The first-order valence-corrected chi connectivity index (χ1v) is 13.5. The zero-order valence-electron chi connectivity index (χ0n) is 20.7. The Balaban J connectivity index is 2.21. The van der Waals surface area contributed by atoms with Crippen LogP contribution in [0.15, 0.2) is 48.5 Å². The Bertz CT molecular complexity index is 1150. The maximum Gasteiger partial charge on any atom is 0.242 e. The van der Waals surface area contributed by atoms with E-state index in [1.165, 1.54) is 23.1 Å². The molecule has 0 aliphatic rings. The summed E-state index contributed by atoms with van der Waals surface area (Å²) in [6, 6.07) is 11.8. The Kier molecular flexibility index (Phi) is 9.68. The van der Waals surface area contributed by atoms with Crippen LogP contribution in [0, 0.1) is 5.82 Å². The van der Waals surface area contributed by atoms with Gasteiger partial charge in [-0.2, -0.15) is 0 Å². The highest BCUT2D eigenvalue weighted by Gasteiger charge is 2.29. The molecule has 0 spiro atoms. The first-order valence-electron chi connectivity index (χ1n) is 11.3. The van der Waals surface area contributed by atoms with E-state index in [4.69, 9.17) is 11.6 Å². The van der Waals surface area contributed by atoms with Crippen molar-refractivity contribution in [2.75, 3.05) is 17.1 Å². The molecule has 7 nitrogen and oxygen atoms in total. The Labute approximate surface area is 212 Å². The van der Waals surface area contributed by atoms with Gasteiger partial charge >= 0.3 is 0 Å². The van der Waals surface area contributed by atoms with Gasteiger partial charge in [-0.3, -0.25) is 13.9 Å². The zero-order chi connectivity index (χ0) is 26.4. The maximum absolute atomic E-state index is 14.3. The molecule has 2 amide bonds. The lowest BCUT2D eigenvalue weighted by molar-refractivity contribution is -0.141. The van der Waals surface area contributed by atoms with E-state index in [1.54, 1.807) is 37.3 Å². The predicted octanol–water partition coefficient (Wildman–Crippen LogP) is 4.36. The van der Waals surface area contributed by atoms with Gasteiger partial charge < -0.3 is 10.2 Å². The normalized spacial score (nSPS) is 12.7. The maximum atomic E-state index is 14.3. The Morgan fingerprint density at radius 3 is 2.26 bits per heavy atom. The minimum absolute atomic E-state index is 0.0436. The van der Waals surface area contributed by atoms with Crippen LogP contribution in [-0.2, 0) is 26.2 Å². The van der Waals surface area contributed by atoms with Crippen LogP contribution in [0.5, 0.6) is 0 Å². The summed E-state index contributed by atoms with van der Waals surface area (Å²) in [5.41, 5.74) is 0.121. The standard InChI is InChI=1S/C25H33ClFN3O4S/c1-18(24(32)28-25(2,3)4)29(17-19-11-6-7-12-20(19)26)23(31)15-10-16-30(35(5,33)34)22-14-9-8-13-21(22)27/h6-9,11-14,18H,10,15-17H2,1-5H3,(H,28,32)/t18-/m1/s1. The number of hydrogen-bond donors (Lipinski definition) is 1. The molecule has 0 fully saturated rings. The van der Waals surface area contributed by atoms with Crippen LogP contribution in [0.25, 0.3) is 0 Å². The third-order valence-corrected chi connectivity index (χ3v) is 6.79. The minimum atomic E-state index is -3.78. The molecule has 0 saturated heterocycles. The van der Waals surface area contributed by atoms with Gasteiger partial charge in [0, 0.05) is 30.1 Å². The van der Waals surface area contributed by atoms with E-state index < -0.39 is 27.4 Å². The molecule has 0 saturated carbocycles. The molecule has 2 aromatic rings. The van der Waals surface area contributed by atoms with Crippen molar-refractivity contribution in [2.45, 2.75) is 58.7 Å². The minimum Gasteiger partial charge on any atom is -0.350 e. The molecule has 0 heterocycles. The summed E-state index contributed by atoms with van der Waals surface area (Å²) in [6.45, 7) is 7.20. The van der Waals surface area contributed by atoms with E-state index in [9.17, 15) is 22.4 Å². The number of nitrogens with one attached hydrogen (secondary N) is 1. The second-order valence-corrected chi connectivity index (χ2v) is 11.7. The van der Waals surface area contributed by atoms with Gasteiger partial charge in [0.15, 0.2) is 0 Å². The molecule has 0 aromatic heterocycles. The highest BCUT2D eigenvalue weighted by atomic mass is 35.5. The number of sulfonamides is 1. The number of carbonyl (C=O) groups is 2. The lowest BCUT2D eigenvalue weighted by atomic mass is 10.1. The van der Waals surface area contributed by atoms with Crippen molar-refractivity contribution in [3.05, 3.63) is 64.9 Å². The van der Waals surface area contributed by atoms with E-state index >= 15 is 0 Å². The number of halogens is 2. The summed E-state index contributed by atoms with van der Waals surface area (Å²) in [6.07, 6.45) is 1.08. The number of anilines is 1. The predicted molar refractivity (Wildman–Crippen MR) is 137 cm³/mol. The van der Waals surface area contributed by atoms with Gasteiger partial charge in [0.25, 0.3) is 0 Å². The van der Waals surface area contributed by atoms with Crippen LogP contribution in [0.1, 0.15) is 46.1 Å². The fourth-order valence-corrected chi connectivity index (χ4v) is 4.66. The van der Waals surface area contributed by atoms with Crippen molar-refractivity contribution in [3.8, 4) is 0 Å². The Hall–Kier alpha value is -2.65. The molecule has 2 rings (SSSR count). The fourth-order valence-electron chi connectivity index (χ4n) is 3.50. The molecular formula is C25H33ClFN3O4S. The molecule has 35 heavy (non-hydrogen) atoms. The summed E-state index contributed by atoms with van der Waals surface area (Å²) in [5, 5.41) is 3.35. The molecule has 0 radical (unpaired) electrons. The second-order valence-electron chi connectivity index (χ2n) is 9.42. The lowest BCUT2D eigenvalue weighted by Gasteiger charge is -2.32. The third kappa shape index (κ3) is 8.50. The van der Waals surface area contributed by atoms with Gasteiger partial charge in [0.05, 0.1) is 11.9 Å². The molecule has 2 aromatic carbocycles. The topological polar surface area (TPSA) is 86.8 Å². The number of benzene rings is 2. The van der Waals surface area contributed by atoms with Gasteiger partial charge in [-0.15, -0.1) is 0 Å². The molecule has 0 aliphatic carbocycles. The summed E-state index contributed by atoms with van der Waals surface area (Å²) >= 11 is 6.30. The average molecular weight is 526 g/mol. The number of para-hydroxylation sites is 1. The van der Waals surface area contributed by atoms with Crippen LogP contribution in [0.2, 0.25) is 5.02 Å². The highest BCUT2D eigenvalue weighted by molar-refractivity contribution is 7.92. The van der Waals surface area contributed by atoms with Crippen molar-refractivity contribution in [3.63, 3.8) is 0 Å². The van der Waals surface area contributed by atoms with Crippen LogP contribution < -0.4 is 9.62 Å². The third-order valence-electron chi connectivity index (χ3n) is 5.24. The van der Waals surface area contributed by atoms with Gasteiger partial charge in [0.2, 0.25) is 21.8 Å². The van der Waals surface area contributed by atoms with E-state index in [0.29, 0.717) is 10.6 Å². The Morgan fingerprint density at radius 1 is 1.09 bits per heavy atom. The van der Waals surface area contributed by atoms with Crippen molar-refractivity contribution in [1.82, 2.24) is 10.2 Å². The number of rotatable bonds is 10. The molecular weight excluding hydrogens is 493 g/mol.